The molecule has 0 atom stereocenters. The summed E-state index contributed by atoms with van der Waals surface area (Å²) >= 11 is 0. The second-order valence-electron chi connectivity index (χ2n) is 5.62. The normalized spacial score (nSPS) is 23.1. The second-order valence-corrected chi connectivity index (χ2v) is 5.62. The fraction of sp³-hybridized carbons (Fsp3) is 0.562. The van der Waals surface area contributed by atoms with Crippen LogP contribution in [0.2, 0.25) is 0 Å². The van der Waals surface area contributed by atoms with Crippen molar-refractivity contribution in [3.8, 4) is 0 Å². The van der Waals surface area contributed by atoms with Crippen molar-refractivity contribution in [2.45, 2.75) is 52.0 Å². The predicted octanol–water partition coefficient (Wildman–Crippen LogP) is 3.28. The number of nitrogens with two attached hydrogens (primary N) is 1. The number of nitrogens with one attached hydrogen (secondary N) is 1. The van der Waals surface area contributed by atoms with Crippen molar-refractivity contribution in [3.05, 3.63) is 29.3 Å². The van der Waals surface area contributed by atoms with E-state index in [-0.39, 0.29) is 5.91 Å². The highest BCUT2D eigenvalue weighted by atomic mass is 16.1. The molecule has 0 radical (unpaired) electrons. The number of carbonyl (C=O) groups is 1. The fourth-order valence-electron chi connectivity index (χ4n) is 2.88. The lowest BCUT2D eigenvalue weighted by Gasteiger charge is -2.28. The van der Waals surface area contributed by atoms with Gasteiger partial charge in [0.05, 0.1) is 0 Å². The van der Waals surface area contributed by atoms with E-state index in [4.69, 9.17) is 5.73 Å². The summed E-state index contributed by atoms with van der Waals surface area (Å²) in [5, 5.41) is 3.15. The highest BCUT2D eigenvalue weighted by Crippen LogP contribution is 2.26. The van der Waals surface area contributed by atoms with E-state index in [1.165, 1.54) is 19.3 Å². The number of amides is 1. The molecule has 0 aliphatic heterocycles. The molecule has 0 unspecified atom stereocenters. The molecule has 19 heavy (non-hydrogen) atoms. The van der Waals surface area contributed by atoms with Crippen LogP contribution in [-0.2, 0) is 0 Å². The van der Waals surface area contributed by atoms with Crippen molar-refractivity contribution in [1.82, 2.24) is 5.32 Å². The molecule has 1 aliphatic rings. The topological polar surface area (TPSA) is 55.1 Å². The van der Waals surface area contributed by atoms with E-state index in [0.29, 0.717) is 17.3 Å². The lowest BCUT2D eigenvalue weighted by molar-refractivity contribution is 0.0921. The van der Waals surface area contributed by atoms with Crippen molar-refractivity contribution in [2.24, 2.45) is 5.92 Å². The van der Waals surface area contributed by atoms with Crippen LogP contribution < -0.4 is 11.1 Å². The first-order chi connectivity index (χ1) is 9.11. The summed E-state index contributed by atoms with van der Waals surface area (Å²) in [5.41, 5.74) is 8.11. The Morgan fingerprint density at radius 3 is 2.63 bits per heavy atom. The van der Waals surface area contributed by atoms with Gasteiger partial charge in [0.15, 0.2) is 0 Å². The van der Waals surface area contributed by atoms with E-state index < -0.39 is 0 Å². The smallest absolute Gasteiger partial charge is 0.251 e. The zero-order chi connectivity index (χ0) is 13.8. The van der Waals surface area contributed by atoms with Gasteiger partial charge in [-0.1, -0.05) is 19.4 Å². The van der Waals surface area contributed by atoms with Crippen LogP contribution in [0, 0.1) is 12.8 Å². The number of benzene rings is 1. The summed E-state index contributed by atoms with van der Waals surface area (Å²) in [4.78, 5) is 12.3. The van der Waals surface area contributed by atoms with Gasteiger partial charge in [-0.05, 0) is 56.2 Å². The zero-order valence-electron chi connectivity index (χ0n) is 11.9. The Labute approximate surface area is 115 Å². The number of carbonyl (C=O) groups excluding carboxylic acids is 1. The predicted molar refractivity (Wildman–Crippen MR) is 79.1 cm³/mol. The molecule has 0 bridgehead atoms. The van der Waals surface area contributed by atoms with Gasteiger partial charge in [-0.3, -0.25) is 4.79 Å². The van der Waals surface area contributed by atoms with E-state index in [9.17, 15) is 4.79 Å². The molecule has 0 aromatic heterocycles. The van der Waals surface area contributed by atoms with Crippen molar-refractivity contribution in [2.75, 3.05) is 5.73 Å². The number of hydrogen-bond donors (Lipinski definition) is 2. The number of rotatable bonds is 3. The average Bonchev–Trinajstić information content (AvgIpc) is 2.42. The summed E-state index contributed by atoms with van der Waals surface area (Å²) in [5.74, 6) is 0.868. The summed E-state index contributed by atoms with van der Waals surface area (Å²) in [6.07, 6.45) is 5.93. The van der Waals surface area contributed by atoms with E-state index in [0.717, 1.165) is 24.3 Å². The molecule has 0 saturated heterocycles. The lowest BCUT2D eigenvalue weighted by Crippen LogP contribution is -2.37. The Kier molecular flexibility index (Phi) is 4.46. The van der Waals surface area contributed by atoms with Crippen molar-refractivity contribution in [1.29, 1.82) is 0 Å². The molecule has 0 heterocycles. The minimum absolute atomic E-state index is 0.0183. The van der Waals surface area contributed by atoms with Gasteiger partial charge in [-0.2, -0.15) is 0 Å². The van der Waals surface area contributed by atoms with Crippen LogP contribution in [0.4, 0.5) is 5.69 Å². The monoisotopic (exact) mass is 260 g/mol. The van der Waals surface area contributed by atoms with E-state index in [2.05, 4.69) is 12.2 Å². The molecule has 1 aromatic carbocycles. The van der Waals surface area contributed by atoms with Crippen LogP contribution in [0.15, 0.2) is 18.2 Å². The molecule has 3 heteroatoms. The molecular weight excluding hydrogens is 236 g/mol. The van der Waals surface area contributed by atoms with Gasteiger partial charge in [0.25, 0.3) is 5.91 Å². The molecule has 104 valence electrons. The molecule has 1 aromatic rings. The van der Waals surface area contributed by atoms with Crippen LogP contribution in [-0.4, -0.2) is 11.9 Å². The van der Waals surface area contributed by atoms with Gasteiger partial charge < -0.3 is 11.1 Å². The SMILES string of the molecule is CCC1CCC(NC(=O)c2cccc(N)c2C)CC1. The number of nitrogen functional groups attached to an aromatic ring is 1. The molecule has 1 fully saturated rings. The third-order valence-corrected chi connectivity index (χ3v) is 4.38. The lowest BCUT2D eigenvalue weighted by atomic mass is 9.84. The first-order valence-corrected chi connectivity index (χ1v) is 7.27. The summed E-state index contributed by atoms with van der Waals surface area (Å²) in [7, 11) is 0. The average molecular weight is 260 g/mol. The summed E-state index contributed by atoms with van der Waals surface area (Å²) in [6.45, 7) is 4.15. The standard InChI is InChI=1S/C16H24N2O/c1-3-12-7-9-13(10-8-12)18-16(19)14-5-4-6-15(17)11(14)2/h4-6,12-13H,3,7-10,17H2,1-2H3,(H,18,19). The maximum absolute atomic E-state index is 12.3. The number of hydrogen-bond acceptors (Lipinski definition) is 2. The van der Waals surface area contributed by atoms with Crippen molar-refractivity contribution in [3.63, 3.8) is 0 Å². The van der Waals surface area contributed by atoms with E-state index in [1.54, 1.807) is 0 Å². The minimum Gasteiger partial charge on any atom is -0.398 e. The Bertz CT molecular complexity index is 448. The van der Waals surface area contributed by atoms with Gasteiger partial charge in [-0.25, -0.2) is 0 Å². The third-order valence-electron chi connectivity index (χ3n) is 4.38. The molecule has 1 saturated carbocycles. The second kappa shape index (κ2) is 6.09. The van der Waals surface area contributed by atoms with Crippen LogP contribution in [0.5, 0.6) is 0 Å². The van der Waals surface area contributed by atoms with Crippen molar-refractivity contribution < 1.29 is 4.79 Å². The molecule has 3 nitrogen and oxygen atoms in total. The van der Waals surface area contributed by atoms with Gasteiger partial charge in [0.1, 0.15) is 0 Å². The summed E-state index contributed by atoms with van der Waals surface area (Å²) in [6, 6.07) is 5.85. The van der Waals surface area contributed by atoms with Gasteiger partial charge in [0, 0.05) is 17.3 Å². The highest BCUT2D eigenvalue weighted by molar-refractivity contribution is 5.97. The Hall–Kier alpha value is -1.51. The first kappa shape index (κ1) is 13.9. The molecule has 3 N–H and O–H groups in total. The molecular formula is C16H24N2O. The molecule has 1 amide bonds. The van der Waals surface area contributed by atoms with Gasteiger partial charge >= 0.3 is 0 Å². The fourth-order valence-corrected chi connectivity index (χ4v) is 2.88. The van der Waals surface area contributed by atoms with Gasteiger partial charge in [0.2, 0.25) is 0 Å². The maximum atomic E-state index is 12.3. The van der Waals surface area contributed by atoms with Gasteiger partial charge in [-0.15, -0.1) is 0 Å². The molecule has 0 spiro atoms. The Morgan fingerprint density at radius 2 is 2.00 bits per heavy atom. The quantitative estimate of drug-likeness (QED) is 0.819. The summed E-state index contributed by atoms with van der Waals surface area (Å²) < 4.78 is 0. The third kappa shape index (κ3) is 3.28. The number of anilines is 1. The van der Waals surface area contributed by atoms with Crippen LogP contribution in [0.25, 0.3) is 0 Å². The van der Waals surface area contributed by atoms with Crippen LogP contribution in [0.3, 0.4) is 0 Å². The Balaban J connectivity index is 1.96. The zero-order valence-corrected chi connectivity index (χ0v) is 11.9. The minimum atomic E-state index is 0.0183. The highest BCUT2D eigenvalue weighted by Gasteiger charge is 2.22. The molecule has 2 rings (SSSR count). The Morgan fingerprint density at radius 1 is 1.32 bits per heavy atom. The molecule has 1 aliphatic carbocycles. The van der Waals surface area contributed by atoms with E-state index in [1.807, 2.05) is 25.1 Å². The largest absolute Gasteiger partial charge is 0.398 e. The van der Waals surface area contributed by atoms with E-state index >= 15 is 0 Å². The first-order valence-electron chi connectivity index (χ1n) is 7.27. The van der Waals surface area contributed by atoms with Crippen molar-refractivity contribution >= 4 is 11.6 Å². The van der Waals surface area contributed by atoms with Crippen LogP contribution >= 0.6 is 0 Å². The maximum Gasteiger partial charge on any atom is 0.251 e. The van der Waals surface area contributed by atoms with Crippen LogP contribution in [0.1, 0.15) is 54.9 Å².